The summed E-state index contributed by atoms with van der Waals surface area (Å²) in [5.74, 6) is 1.54. The molecule has 0 amide bonds. The molecule has 1 aliphatic rings. The van der Waals surface area contributed by atoms with E-state index >= 15 is 0 Å². The van der Waals surface area contributed by atoms with Gasteiger partial charge in [0.25, 0.3) is 0 Å². The molecule has 9 nitrogen and oxygen atoms in total. The van der Waals surface area contributed by atoms with E-state index in [1.165, 1.54) is 5.69 Å². The average molecular weight is 463 g/mol. The lowest BCUT2D eigenvalue weighted by Crippen LogP contribution is -2.36. The van der Waals surface area contributed by atoms with Gasteiger partial charge in [-0.25, -0.2) is 9.97 Å². The predicted molar refractivity (Wildman–Crippen MR) is 130 cm³/mol. The summed E-state index contributed by atoms with van der Waals surface area (Å²) >= 11 is 6.39. The van der Waals surface area contributed by atoms with E-state index in [2.05, 4.69) is 47.7 Å². The van der Waals surface area contributed by atoms with Crippen molar-refractivity contribution in [2.24, 2.45) is 7.05 Å². The Bertz CT molecular complexity index is 1240. The fourth-order valence-corrected chi connectivity index (χ4v) is 3.74. The zero-order valence-corrected chi connectivity index (χ0v) is 18.8. The van der Waals surface area contributed by atoms with Gasteiger partial charge in [0.05, 0.1) is 25.1 Å². The number of nitrogens with zero attached hydrogens (tertiary/aromatic N) is 6. The van der Waals surface area contributed by atoms with Crippen LogP contribution in [0.2, 0.25) is 5.02 Å². The van der Waals surface area contributed by atoms with E-state index < -0.39 is 0 Å². The molecule has 1 saturated heterocycles. The Balaban J connectivity index is 1.34. The first-order valence-corrected chi connectivity index (χ1v) is 11.0. The summed E-state index contributed by atoms with van der Waals surface area (Å²) < 4.78 is 7.09. The Morgan fingerprint density at radius 2 is 1.76 bits per heavy atom. The number of ether oxygens (including phenoxy) is 1. The van der Waals surface area contributed by atoms with E-state index in [0.29, 0.717) is 22.6 Å². The van der Waals surface area contributed by atoms with Crippen LogP contribution in [0.25, 0.3) is 11.4 Å². The second-order valence-corrected chi connectivity index (χ2v) is 7.98. The molecular weight excluding hydrogens is 440 g/mol. The quantitative estimate of drug-likeness (QED) is 0.439. The molecular formula is C23H23ClN8O. The summed E-state index contributed by atoms with van der Waals surface area (Å²) in [6.07, 6.45) is 3.24. The number of para-hydroxylation sites is 1. The monoisotopic (exact) mass is 462 g/mol. The zero-order valence-electron chi connectivity index (χ0n) is 18.1. The molecule has 5 rings (SSSR count). The number of morpholine rings is 1. The highest BCUT2D eigenvalue weighted by atomic mass is 35.5. The Morgan fingerprint density at radius 3 is 2.52 bits per heavy atom. The highest BCUT2D eigenvalue weighted by Gasteiger charge is 2.13. The van der Waals surface area contributed by atoms with Gasteiger partial charge in [0.15, 0.2) is 11.6 Å². The minimum Gasteiger partial charge on any atom is -0.378 e. The molecule has 168 valence electrons. The summed E-state index contributed by atoms with van der Waals surface area (Å²) in [5.41, 5.74) is 3.70. The maximum atomic E-state index is 6.39. The largest absolute Gasteiger partial charge is 0.378 e. The van der Waals surface area contributed by atoms with Crippen LogP contribution < -0.4 is 15.5 Å². The maximum Gasteiger partial charge on any atom is 0.229 e. The van der Waals surface area contributed by atoms with Crippen molar-refractivity contribution >= 4 is 40.4 Å². The van der Waals surface area contributed by atoms with Crippen molar-refractivity contribution in [2.75, 3.05) is 41.8 Å². The van der Waals surface area contributed by atoms with Crippen molar-refractivity contribution in [3.8, 4) is 11.4 Å². The summed E-state index contributed by atoms with van der Waals surface area (Å²) in [5, 5.41) is 11.3. The number of rotatable bonds is 6. The topological polar surface area (TPSA) is 93.0 Å². The van der Waals surface area contributed by atoms with E-state index in [0.717, 1.165) is 43.2 Å². The summed E-state index contributed by atoms with van der Waals surface area (Å²) in [7, 11) is 1.83. The number of hydrogen-bond donors (Lipinski definition) is 2. The third-order valence-corrected chi connectivity index (χ3v) is 5.54. The molecule has 0 aliphatic carbocycles. The first-order chi connectivity index (χ1) is 16.2. The molecule has 3 heterocycles. The Labute approximate surface area is 196 Å². The van der Waals surface area contributed by atoms with Gasteiger partial charge in [0.2, 0.25) is 5.95 Å². The summed E-state index contributed by atoms with van der Waals surface area (Å²) in [4.78, 5) is 15.6. The van der Waals surface area contributed by atoms with Crippen molar-refractivity contribution in [2.45, 2.75) is 0 Å². The van der Waals surface area contributed by atoms with Gasteiger partial charge in [-0.2, -0.15) is 10.1 Å². The maximum absolute atomic E-state index is 6.39. The van der Waals surface area contributed by atoms with Crippen LogP contribution >= 0.6 is 11.6 Å². The first-order valence-electron chi connectivity index (χ1n) is 10.6. The Morgan fingerprint density at radius 1 is 0.970 bits per heavy atom. The van der Waals surface area contributed by atoms with E-state index in [1.807, 2.05) is 43.4 Å². The molecule has 0 radical (unpaired) electrons. The lowest BCUT2D eigenvalue weighted by molar-refractivity contribution is 0.122. The highest BCUT2D eigenvalue weighted by molar-refractivity contribution is 6.33. The van der Waals surface area contributed by atoms with E-state index in [1.54, 1.807) is 17.2 Å². The lowest BCUT2D eigenvalue weighted by atomic mass is 10.1. The van der Waals surface area contributed by atoms with Crippen molar-refractivity contribution in [3.63, 3.8) is 0 Å². The molecule has 0 atom stereocenters. The molecule has 2 aromatic heterocycles. The van der Waals surface area contributed by atoms with Gasteiger partial charge >= 0.3 is 0 Å². The smallest absolute Gasteiger partial charge is 0.229 e. The predicted octanol–water partition coefficient (Wildman–Crippen LogP) is 4.25. The lowest BCUT2D eigenvalue weighted by Gasteiger charge is -2.28. The van der Waals surface area contributed by atoms with Crippen LogP contribution in [0.1, 0.15) is 0 Å². The molecule has 2 N–H and O–H groups in total. The van der Waals surface area contributed by atoms with Crippen molar-refractivity contribution < 1.29 is 4.74 Å². The molecule has 0 spiro atoms. The summed E-state index contributed by atoms with van der Waals surface area (Å²) in [6, 6.07) is 15.9. The molecule has 1 fully saturated rings. The van der Waals surface area contributed by atoms with Crippen LogP contribution in [-0.2, 0) is 11.8 Å². The van der Waals surface area contributed by atoms with Crippen molar-refractivity contribution in [1.82, 2.24) is 24.7 Å². The van der Waals surface area contributed by atoms with Crippen LogP contribution in [0, 0.1) is 0 Å². The normalized spacial score (nSPS) is 13.7. The third-order valence-electron chi connectivity index (χ3n) is 5.26. The van der Waals surface area contributed by atoms with Crippen LogP contribution in [0.3, 0.4) is 0 Å². The number of aromatic nitrogens is 5. The number of anilines is 5. The van der Waals surface area contributed by atoms with E-state index in [9.17, 15) is 0 Å². The van der Waals surface area contributed by atoms with Crippen molar-refractivity contribution in [1.29, 1.82) is 0 Å². The third kappa shape index (κ3) is 4.89. The van der Waals surface area contributed by atoms with Gasteiger partial charge in [-0.15, -0.1) is 0 Å². The zero-order chi connectivity index (χ0) is 22.6. The second-order valence-electron chi connectivity index (χ2n) is 7.57. The number of halogens is 1. The number of benzene rings is 2. The molecule has 10 heteroatoms. The molecule has 4 aromatic rings. The van der Waals surface area contributed by atoms with Crippen molar-refractivity contribution in [3.05, 3.63) is 66.1 Å². The Kier molecular flexibility index (Phi) is 6.05. The van der Waals surface area contributed by atoms with Gasteiger partial charge in [0, 0.05) is 37.1 Å². The number of nitrogens with one attached hydrogen (secondary N) is 2. The fourth-order valence-electron chi connectivity index (χ4n) is 3.60. The standard InChI is InChI=1S/C23H23ClN8O/c1-31-15-26-21(30-31)18-4-2-3-5-20(18)28-22-19(24)14-25-23(29-22)27-16-6-8-17(9-7-16)32-10-12-33-13-11-32/h2-9,14-15H,10-13H2,1H3,(H2,25,27,28,29). The van der Waals surface area contributed by atoms with Gasteiger partial charge in [0.1, 0.15) is 11.3 Å². The Hall–Kier alpha value is -3.69. The average Bonchev–Trinajstić information content (AvgIpc) is 3.29. The van der Waals surface area contributed by atoms with Crippen LogP contribution in [-0.4, -0.2) is 51.0 Å². The molecule has 33 heavy (non-hydrogen) atoms. The molecule has 0 bridgehead atoms. The first kappa shape index (κ1) is 21.2. The van der Waals surface area contributed by atoms with Gasteiger partial charge in [-0.05, 0) is 36.4 Å². The van der Waals surface area contributed by atoms with Crippen LogP contribution in [0.4, 0.5) is 28.8 Å². The van der Waals surface area contributed by atoms with Gasteiger partial charge in [-0.1, -0.05) is 23.7 Å². The minimum atomic E-state index is 0.409. The van der Waals surface area contributed by atoms with E-state index in [4.69, 9.17) is 16.3 Å². The highest BCUT2D eigenvalue weighted by Crippen LogP contribution is 2.30. The molecule has 0 unspecified atom stereocenters. The molecule has 0 saturated carbocycles. The van der Waals surface area contributed by atoms with E-state index in [-0.39, 0.29) is 0 Å². The van der Waals surface area contributed by atoms with Crippen LogP contribution in [0.5, 0.6) is 0 Å². The second kappa shape index (κ2) is 9.43. The molecule has 1 aliphatic heterocycles. The van der Waals surface area contributed by atoms with Crippen LogP contribution in [0.15, 0.2) is 61.1 Å². The summed E-state index contributed by atoms with van der Waals surface area (Å²) in [6.45, 7) is 3.32. The van der Waals surface area contributed by atoms with Gasteiger partial charge in [-0.3, -0.25) is 4.68 Å². The van der Waals surface area contributed by atoms with Gasteiger partial charge < -0.3 is 20.3 Å². The minimum absolute atomic E-state index is 0.409. The number of hydrogen-bond acceptors (Lipinski definition) is 8. The number of aryl methyl sites for hydroxylation is 1. The SMILES string of the molecule is Cn1cnc(-c2ccccc2Nc2nc(Nc3ccc(N4CCOCC4)cc3)ncc2Cl)n1. The fraction of sp³-hybridized carbons (Fsp3) is 0.217. The molecule has 2 aromatic carbocycles.